The molecule has 1 rings (SSSR count). The summed E-state index contributed by atoms with van der Waals surface area (Å²) in [5, 5.41) is 0. The number of nitrogen functional groups attached to an aromatic ring is 2. The predicted molar refractivity (Wildman–Crippen MR) is 84.4 cm³/mol. The molecule has 20 heavy (non-hydrogen) atoms. The van der Waals surface area contributed by atoms with Gasteiger partial charge >= 0.3 is 0 Å². The van der Waals surface area contributed by atoms with Gasteiger partial charge in [-0.2, -0.15) is 0 Å². The number of hydrogen-bond donors (Lipinski definition) is 2. The highest BCUT2D eigenvalue weighted by Gasteiger charge is 2.06. The molecule has 0 atom stereocenters. The van der Waals surface area contributed by atoms with Crippen LogP contribution in [0.25, 0.3) is 0 Å². The Morgan fingerprint density at radius 1 is 0.800 bits per heavy atom. The molecular formula is C16H28N2O2. The molecule has 0 spiro atoms. The quantitative estimate of drug-likeness (QED) is 0.508. The second-order valence-corrected chi connectivity index (χ2v) is 5.06. The number of unbranched alkanes of at least 4 members (excludes halogenated alkanes) is 2. The molecule has 1 aromatic rings. The van der Waals surface area contributed by atoms with Gasteiger partial charge in [0.15, 0.2) is 0 Å². The Kier molecular flexibility index (Phi) is 8.07. The van der Waals surface area contributed by atoms with E-state index in [9.17, 15) is 0 Å². The normalized spacial score (nSPS) is 10.9. The molecule has 0 aromatic heterocycles. The molecule has 0 bridgehead atoms. The van der Waals surface area contributed by atoms with Crippen LogP contribution in [0.3, 0.4) is 0 Å². The lowest BCUT2D eigenvalue weighted by Crippen LogP contribution is -2.05. The summed E-state index contributed by atoms with van der Waals surface area (Å²) in [6.45, 7) is 6.85. The number of nitrogens with two attached hydrogens (primary N) is 2. The van der Waals surface area contributed by atoms with Crippen LogP contribution in [0, 0.1) is 0 Å². The smallest absolute Gasteiger partial charge is 0.0737 e. The second kappa shape index (κ2) is 9.61. The van der Waals surface area contributed by atoms with E-state index >= 15 is 0 Å². The third-order valence-corrected chi connectivity index (χ3v) is 3.20. The van der Waals surface area contributed by atoms with Gasteiger partial charge in [0, 0.05) is 35.7 Å². The second-order valence-electron chi connectivity index (χ2n) is 5.06. The molecule has 0 aliphatic rings. The molecule has 0 heterocycles. The highest BCUT2D eigenvalue weighted by atomic mass is 16.5. The van der Waals surface area contributed by atoms with Gasteiger partial charge in [-0.05, 0) is 25.0 Å². The molecule has 0 aliphatic carbocycles. The molecule has 0 saturated carbocycles. The zero-order chi connectivity index (χ0) is 14.8. The molecule has 0 saturated heterocycles. The molecule has 114 valence electrons. The van der Waals surface area contributed by atoms with E-state index < -0.39 is 0 Å². The maximum atomic E-state index is 6.04. The summed E-state index contributed by atoms with van der Waals surface area (Å²) >= 11 is 0. The third-order valence-electron chi connectivity index (χ3n) is 3.20. The minimum absolute atomic E-state index is 0.521. The molecule has 0 radical (unpaired) electrons. The average molecular weight is 280 g/mol. The van der Waals surface area contributed by atoms with Crippen molar-refractivity contribution < 1.29 is 9.47 Å². The Morgan fingerprint density at radius 2 is 1.20 bits per heavy atom. The fourth-order valence-corrected chi connectivity index (χ4v) is 1.83. The van der Waals surface area contributed by atoms with Crippen LogP contribution in [0.15, 0.2) is 12.1 Å². The molecule has 4 nitrogen and oxygen atoms in total. The van der Waals surface area contributed by atoms with Gasteiger partial charge in [0.05, 0.1) is 13.2 Å². The Morgan fingerprint density at radius 3 is 1.55 bits per heavy atom. The van der Waals surface area contributed by atoms with E-state index in [1.807, 2.05) is 12.1 Å². The Labute approximate surface area is 122 Å². The van der Waals surface area contributed by atoms with Gasteiger partial charge in [-0.25, -0.2) is 0 Å². The molecule has 4 heteroatoms. The predicted octanol–water partition coefficient (Wildman–Crippen LogP) is 3.48. The van der Waals surface area contributed by atoms with Crippen molar-refractivity contribution in [2.24, 2.45) is 0 Å². The average Bonchev–Trinajstić information content (AvgIpc) is 2.44. The first-order valence-corrected chi connectivity index (χ1v) is 7.51. The monoisotopic (exact) mass is 280 g/mol. The zero-order valence-corrected chi connectivity index (χ0v) is 12.8. The van der Waals surface area contributed by atoms with Crippen LogP contribution >= 0.6 is 0 Å². The van der Waals surface area contributed by atoms with Crippen LogP contribution in [0.4, 0.5) is 11.4 Å². The fourth-order valence-electron chi connectivity index (χ4n) is 1.83. The van der Waals surface area contributed by atoms with Crippen molar-refractivity contribution in [1.29, 1.82) is 0 Å². The van der Waals surface area contributed by atoms with Crippen molar-refractivity contribution in [1.82, 2.24) is 0 Å². The minimum atomic E-state index is 0.521. The van der Waals surface area contributed by atoms with Gasteiger partial charge in [0.1, 0.15) is 0 Å². The first kappa shape index (κ1) is 16.8. The first-order valence-electron chi connectivity index (χ1n) is 7.51. The standard InChI is InChI=1S/C16H28N2O2/c1-3-5-7-19-11-13-9-16(18)14(10-15(13)17)12-20-8-6-4-2/h9-10H,3-8,11-12,17-18H2,1-2H3. The van der Waals surface area contributed by atoms with E-state index in [-0.39, 0.29) is 0 Å². The summed E-state index contributed by atoms with van der Waals surface area (Å²) in [6.07, 6.45) is 4.40. The summed E-state index contributed by atoms with van der Waals surface area (Å²) in [6, 6.07) is 3.81. The van der Waals surface area contributed by atoms with Gasteiger partial charge in [0.2, 0.25) is 0 Å². The van der Waals surface area contributed by atoms with E-state index in [0.29, 0.717) is 13.2 Å². The van der Waals surface area contributed by atoms with Crippen LogP contribution < -0.4 is 11.5 Å². The number of rotatable bonds is 10. The largest absolute Gasteiger partial charge is 0.398 e. The van der Waals surface area contributed by atoms with E-state index in [1.54, 1.807) is 0 Å². The molecule has 0 aliphatic heterocycles. The van der Waals surface area contributed by atoms with Crippen LogP contribution in [0.2, 0.25) is 0 Å². The van der Waals surface area contributed by atoms with Crippen molar-refractivity contribution in [3.8, 4) is 0 Å². The maximum absolute atomic E-state index is 6.04. The number of hydrogen-bond acceptors (Lipinski definition) is 4. The number of benzene rings is 1. The lowest BCUT2D eigenvalue weighted by Gasteiger charge is -2.12. The molecule has 0 unspecified atom stereocenters. The molecule has 0 amide bonds. The lowest BCUT2D eigenvalue weighted by molar-refractivity contribution is 0.117. The molecule has 4 N–H and O–H groups in total. The van der Waals surface area contributed by atoms with Gasteiger partial charge in [-0.3, -0.25) is 0 Å². The topological polar surface area (TPSA) is 70.5 Å². The maximum Gasteiger partial charge on any atom is 0.0737 e. The SMILES string of the molecule is CCCCOCc1cc(N)c(COCCCC)cc1N. The van der Waals surface area contributed by atoms with E-state index in [2.05, 4.69) is 13.8 Å². The molecular weight excluding hydrogens is 252 g/mol. The van der Waals surface area contributed by atoms with Crippen molar-refractivity contribution in [3.63, 3.8) is 0 Å². The van der Waals surface area contributed by atoms with E-state index in [0.717, 1.165) is 61.4 Å². The molecule has 0 fully saturated rings. The highest BCUT2D eigenvalue weighted by Crippen LogP contribution is 2.22. The first-order chi connectivity index (χ1) is 9.69. The van der Waals surface area contributed by atoms with Gasteiger partial charge in [0.25, 0.3) is 0 Å². The number of ether oxygens (including phenoxy) is 2. The van der Waals surface area contributed by atoms with E-state index in [4.69, 9.17) is 20.9 Å². The van der Waals surface area contributed by atoms with Gasteiger partial charge in [-0.1, -0.05) is 26.7 Å². The Bertz CT molecular complexity index is 357. The summed E-state index contributed by atoms with van der Waals surface area (Å²) in [4.78, 5) is 0. The van der Waals surface area contributed by atoms with E-state index in [1.165, 1.54) is 0 Å². The van der Waals surface area contributed by atoms with Crippen LogP contribution in [0.5, 0.6) is 0 Å². The highest BCUT2D eigenvalue weighted by molar-refractivity contribution is 5.60. The van der Waals surface area contributed by atoms with Gasteiger partial charge < -0.3 is 20.9 Å². The van der Waals surface area contributed by atoms with Crippen LogP contribution in [-0.2, 0) is 22.7 Å². The Hall–Kier alpha value is -1.26. The Balaban J connectivity index is 2.52. The summed E-state index contributed by atoms with van der Waals surface area (Å²) in [5.41, 5.74) is 15.5. The summed E-state index contributed by atoms with van der Waals surface area (Å²) in [5.74, 6) is 0. The van der Waals surface area contributed by atoms with Gasteiger partial charge in [-0.15, -0.1) is 0 Å². The summed E-state index contributed by atoms with van der Waals surface area (Å²) in [7, 11) is 0. The molecule has 1 aromatic carbocycles. The lowest BCUT2D eigenvalue weighted by atomic mass is 10.1. The zero-order valence-electron chi connectivity index (χ0n) is 12.8. The van der Waals surface area contributed by atoms with Crippen LogP contribution in [-0.4, -0.2) is 13.2 Å². The van der Waals surface area contributed by atoms with Crippen molar-refractivity contribution >= 4 is 11.4 Å². The van der Waals surface area contributed by atoms with Crippen molar-refractivity contribution in [2.45, 2.75) is 52.7 Å². The van der Waals surface area contributed by atoms with Crippen LogP contribution in [0.1, 0.15) is 50.7 Å². The van der Waals surface area contributed by atoms with Crippen molar-refractivity contribution in [2.75, 3.05) is 24.7 Å². The third kappa shape index (κ3) is 5.80. The fraction of sp³-hybridized carbons (Fsp3) is 0.625. The summed E-state index contributed by atoms with van der Waals surface area (Å²) < 4.78 is 11.2. The van der Waals surface area contributed by atoms with Crippen molar-refractivity contribution in [3.05, 3.63) is 23.3 Å². The minimum Gasteiger partial charge on any atom is -0.398 e. The number of anilines is 2.